The number of carbonyl (C=O) groups is 2. The van der Waals surface area contributed by atoms with E-state index < -0.39 is 5.97 Å². The van der Waals surface area contributed by atoms with Crippen molar-refractivity contribution in [2.75, 3.05) is 19.0 Å². The van der Waals surface area contributed by atoms with Crippen molar-refractivity contribution in [2.24, 2.45) is 0 Å². The molecule has 0 unspecified atom stereocenters. The van der Waals surface area contributed by atoms with E-state index in [1.165, 1.54) is 19.2 Å². The van der Waals surface area contributed by atoms with Gasteiger partial charge in [0.05, 0.1) is 30.8 Å². The Kier molecular flexibility index (Phi) is 6.16. The smallest absolute Gasteiger partial charge is 0.341 e. The van der Waals surface area contributed by atoms with Crippen LogP contribution in [0, 0.1) is 0 Å². The third-order valence-electron chi connectivity index (χ3n) is 4.29. The molecule has 3 aromatic rings. The maximum Gasteiger partial charge on any atom is 0.341 e. The van der Waals surface area contributed by atoms with Gasteiger partial charge in [-0.3, -0.25) is 4.79 Å². The van der Waals surface area contributed by atoms with E-state index in [-0.39, 0.29) is 35.3 Å². The first-order chi connectivity index (χ1) is 13.5. The lowest BCUT2D eigenvalue weighted by molar-refractivity contribution is -0.115. The second-order valence-electron chi connectivity index (χ2n) is 6.12. The van der Waals surface area contributed by atoms with E-state index in [1.54, 1.807) is 6.92 Å². The van der Waals surface area contributed by atoms with Crippen LogP contribution < -0.4 is 10.1 Å². The lowest BCUT2D eigenvalue weighted by Crippen LogP contribution is -2.15. The summed E-state index contributed by atoms with van der Waals surface area (Å²) in [5, 5.41) is 5.13. The predicted molar refractivity (Wildman–Crippen MR) is 110 cm³/mol. The van der Waals surface area contributed by atoms with Crippen molar-refractivity contribution in [3.63, 3.8) is 0 Å². The monoisotopic (exact) mass is 397 g/mol. The molecule has 0 saturated carbocycles. The molecule has 144 valence electrons. The molecule has 0 bridgehead atoms. The fourth-order valence-corrected chi connectivity index (χ4v) is 3.21. The first-order valence-corrected chi connectivity index (χ1v) is 9.22. The molecule has 3 rings (SSSR count). The maximum absolute atomic E-state index is 12.6. The summed E-state index contributed by atoms with van der Waals surface area (Å²) in [5.74, 6) is -0.470. The number of hydrogen-bond donors (Lipinski definition) is 1. The Morgan fingerprint density at radius 1 is 1.07 bits per heavy atom. The van der Waals surface area contributed by atoms with Crippen molar-refractivity contribution in [3.8, 4) is 5.75 Å². The summed E-state index contributed by atoms with van der Waals surface area (Å²) in [5.41, 5.74) is 1.50. The molecule has 0 spiro atoms. The number of ether oxygens (including phenoxy) is 2. The largest absolute Gasteiger partial charge is 0.496 e. The summed E-state index contributed by atoms with van der Waals surface area (Å²) in [6.07, 6.45) is 0.194. The molecule has 0 atom stereocenters. The van der Waals surface area contributed by atoms with Gasteiger partial charge >= 0.3 is 5.97 Å². The molecule has 0 radical (unpaired) electrons. The third kappa shape index (κ3) is 4.26. The van der Waals surface area contributed by atoms with Crippen LogP contribution in [-0.2, 0) is 16.0 Å². The van der Waals surface area contributed by atoms with Crippen LogP contribution in [0.15, 0.2) is 54.6 Å². The Morgan fingerprint density at radius 2 is 1.82 bits per heavy atom. The summed E-state index contributed by atoms with van der Waals surface area (Å²) >= 11 is 6.27. The number of halogens is 1. The molecule has 1 amide bonds. The molecule has 0 aliphatic carbocycles. The Hall–Kier alpha value is -3.05. The number of nitrogens with one attached hydrogen (secondary N) is 1. The van der Waals surface area contributed by atoms with Crippen LogP contribution in [0.2, 0.25) is 5.02 Å². The molecule has 0 aliphatic heterocycles. The predicted octanol–water partition coefficient (Wildman–Crippen LogP) is 4.86. The number of anilines is 1. The molecule has 0 aliphatic rings. The van der Waals surface area contributed by atoms with Crippen molar-refractivity contribution < 1.29 is 19.1 Å². The summed E-state index contributed by atoms with van der Waals surface area (Å²) in [6.45, 7) is 1.96. The molecule has 5 nitrogen and oxygen atoms in total. The van der Waals surface area contributed by atoms with Gasteiger partial charge in [-0.25, -0.2) is 4.79 Å². The minimum atomic E-state index is -0.533. The van der Waals surface area contributed by atoms with Crippen LogP contribution in [0.3, 0.4) is 0 Å². The highest BCUT2D eigenvalue weighted by Gasteiger charge is 2.18. The first kappa shape index (κ1) is 19.7. The van der Waals surface area contributed by atoms with Crippen LogP contribution in [0.1, 0.15) is 22.8 Å². The SMILES string of the molecule is CCOC(=O)c1cc(Cl)c(NC(=O)Cc2cccc3ccccc23)cc1OC. The van der Waals surface area contributed by atoms with E-state index in [4.69, 9.17) is 21.1 Å². The van der Waals surface area contributed by atoms with Gasteiger partial charge in [0.1, 0.15) is 11.3 Å². The maximum atomic E-state index is 12.6. The number of hydrogen-bond acceptors (Lipinski definition) is 4. The van der Waals surface area contributed by atoms with E-state index in [1.807, 2.05) is 42.5 Å². The number of amides is 1. The van der Waals surface area contributed by atoms with Crippen LogP contribution in [0.25, 0.3) is 10.8 Å². The van der Waals surface area contributed by atoms with Gasteiger partial charge in [-0.05, 0) is 29.3 Å². The number of methoxy groups -OCH3 is 1. The molecule has 6 heteroatoms. The van der Waals surface area contributed by atoms with Gasteiger partial charge < -0.3 is 14.8 Å². The third-order valence-corrected chi connectivity index (χ3v) is 4.60. The van der Waals surface area contributed by atoms with E-state index in [2.05, 4.69) is 5.32 Å². The molecule has 3 aromatic carbocycles. The van der Waals surface area contributed by atoms with E-state index in [9.17, 15) is 9.59 Å². The Morgan fingerprint density at radius 3 is 2.57 bits per heavy atom. The zero-order valence-corrected chi connectivity index (χ0v) is 16.4. The number of esters is 1. The molecule has 0 fully saturated rings. The first-order valence-electron chi connectivity index (χ1n) is 8.84. The highest BCUT2D eigenvalue weighted by atomic mass is 35.5. The van der Waals surface area contributed by atoms with E-state index >= 15 is 0 Å². The summed E-state index contributed by atoms with van der Waals surface area (Å²) < 4.78 is 10.3. The second kappa shape index (κ2) is 8.76. The van der Waals surface area contributed by atoms with Crippen LogP contribution in [0.5, 0.6) is 5.75 Å². The normalized spacial score (nSPS) is 10.5. The molecule has 0 saturated heterocycles. The average molecular weight is 398 g/mol. The van der Waals surface area contributed by atoms with Gasteiger partial charge in [0.25, 0.3) is 0 Å². The number of fused-ring (bicyclic) bond motifs is 1. The molecular formula is C22H20ClNO4. The Labute approximate surface area is 168 Å². The van der Waals surface area contributed by atoms with Crippen molar-refractivity contribution in [2.45, 2.75) is 13.3 Å². The number of rotatable bonds is 6. The fraction of sp³-hybridized carbons (Fsp3) is 0.182. The van der Waals surface area contributed by atoms with Gasteiger partial charge in [0.15, 0.2) is 0 Å². The molecule has 28 heavy (non-hydrogen) atoms. The molecule has 0 heterocycles. The Bertz CT molecular complexity index is 1030. The second-order valence-corrected chi connectivity index (χ2v) is 6.52. The summed E-state index contributed by atoms with van der Waals surface area (Å²) in [4.78, 5) is 24.6. The molecule has 1 N–H and O–H groups in total. The van der Waals surface area contributed by atoms with E-state index in [0.29, 0.717) is 5.69 Å². The van der Waals surface area contributed by atoms with Gasteiger partial charge in [-0.2, -0.15) is 0 Å². The fourth-order valence-electron chi connectivity index (χ4n) is 3.00. The summed E-state index contributed by atoms with van der Waals surface area (Å²) in [6, 6.07) is 16.7. The van der Waals surface area contributed by atoms with Crippen molar-refractivity contribution in [1.29, 1.82) is 0 Å². The lowest BCUT2D eigenvalue weighted by Gasteiger charge is -2.13. The van der Waals surface area contributed by atoms with Gasteiger partial charge in [0, 0.05) is 6.07 Å². The Balaban J connectivity index is 1.83. The van der Waals surface area contributed by atoms with E-state index in [0.717, 1.165) is 16.3 Å². The topological polar surface area (TPSA) is 64.6 Å². The van der Waals surface area contributed by atoms with Gasteiger partial charge in [-0.1, -0.05) is 54.1 Å². The zero-order valence-electron chi connectivity index (χ0n) is 15.6. The van der Waals surface area contributed by atoms with Crippen molar-refractivity contribution in [1.82, 2.24) is 0 Å². The quantitative estimate of drug-likeness (QED) is 0.603. The highest BCUT2D eigenvalue weighted by Crippen LogP contribution is 2.32. The van der Waals surface area contributed by atoms with Crippen LogP contribution >= 0.6 is 11.6 Å². The minimum absolute atomic E-state index is 0.194. The number of benzene rings is 3. The number of carbonyl (C=O) groups excluding carboxylic acids is 2. The summed E-state index contributed by atoms with van der Waals surface area (Å²) in [7, 11) is 1.44. The minimum Gasteiger partial charge on any atom is -0.496 e. The van der Waals surface area contributed by atoms with Gasteiger partial charge in [-0.15, -0.1) is 0 Å². The molecule has 0 aromatic heterocycles. The van der Waals surface area contributed by atoms with Crippen molar-refractivity contribution >= 4 is 39.9 Å². The van der Waals surface area contributed by atoms with Crippen LogP contribution in [-0.4, -0.2) is 25.6 Å². The highest BCUT2D eigenvalue weighted by molar-refractivity contribution is 6.34. The van der Waals surface area contributed by atoms with Crippen LogP contribution in [0.4, 0.5) is 5.69 Å². The molecular weight excluding hydrogens is 378 g/mol. The standard InChI is InChI=1S/C22H20ClNO4/c1-3-28-22(26)17-12-18(23)19(13-20(17)27-2)24-21(25)11-15-9-6-8-14-7-4-5-10-16(14)15/h4-10,12-13H,3,11H2,1-2H3,(H,24,25). The lowest BCUT2D eigenvalue weighted by atomic mass is 10.0. The zero-order chi connectivity index (χ0) is 20.1. The van der Waals surface area contributed by atoms with Crippen molar-refractivity contribution in [3.05, 3.63) is 70.7 Å². The average Bonchev–Trinajstić information content (AvgIpc) is 2.69. The van der Waals surface area contributed by atoms with Gasteiger partial charge in [0.2, 0.25) is 5.91 Å².